The third kappa shape index (κ3) is 5.74. The smallest absolute Gasteiger partial charge is 0.237 e. The molecule has 33 heavy (non-hydrogen) atoms. The minimum absolute atomic E-state index is 0.0313. The number of nitrogens with one attached hydrogen (secondary N) is 2. The summed E-state index contributed by atoms with van der Waals surface area (Å²) < 4.78 is 0. The van der Waals surface area contributed by atoms with Gasteiger partial charge < -0.3 is 16.4 Å². The zero-order chi connectivity index (χ0) is 23.3. The third-order valence-electron chi connectivity index (χ3n) is 7.52. The Morgan fingerprint density at radius 3 is 2.30 bits per heavy atom. The number of aromatic nitrogens is 1. The van der Waals surface area contributed by atoms with Gasteiger partial charge in [-0.2, -0.15) is 0 Å². The van der Waals surface area contributed by atoms with Crippen LogP contribution in [0.4, 0.5) is 5.69 Å². The van der Waals surface area contributed by atoms with Gasteiger partial charge in [0.15, 0.2) is 0 Å². The van der Waals surface area contributed by atoms with Crippen LogP contribution < -0.4 is 16.4 Å². The first kappa shape index (κ1) is 23.7. The Balaban J connectivity index is 1.28. The van der Waals surface area contributed by atoms with E-state index in [1.165, 1.54) is 5.56 Å². The summed E-state index contributed by atoms with van der Waals surface area (Å²) in [7, 11) is 0. The van der Waals surface area contributed by atoms with Gasteiger partial charge in [0, 0.05) is 41.0 Å². The molecule has 2 aliphatic rings. The molecule has 4 rings (SSSR count). The molecule has 0 spiro atoms. The summed E-state index contributed by atoms with van der Waals surface area (Å²) in [4.78, 5) is 29.5. The lowest BCUT2D eigenvalue weighted by atomic mass is 9.77. The van der Waals surface area contributed by atoms with Gasteiger partial charge in [0.2, 0.25) is 11.8 Å². The number of rotatable bonds is 7. The fourth-order valence-corrected chi connectivity index (χ4v) is 5.56. The van der Waals surface area contributed by atoms with E-state index in [0.717, 1.165) is 62.1 Å². The van der Waals surface area contributed by atoms with E-state index < -0.39 is 6.04 Å². The fraction of sp³-hybridized carbons (Fsp3) is 0.500. The third-order valence-corrected chi connectivity index (χ3v) is 7.77. The summed E-state index contributed by atoms with van der Waals surface area (Å²) in [6.07, 6.45) is 10.8. The lowest BCUT2D eigenvalue weighted by molar-refractivity contribution is -0.124. The molecule has 1 unspecified atom stereocenters. The highest BCUT2D eigenvalue weighted by Crippen LogP contribution is 2.41. The normalized spacial score (nSPS) is 23.0. The van der Waals surface area contributed by atoms with Gasteiger partial charge in [0.25, 0.3) is 0 Å². The molecule has 1 atom stereocenters. The van der Waals surface area contributed by atoms with E-state index in [1.54, 1.807) is 24.5 Å². The Kier molecular flexibility index (Phi) is 7.66. The largest absolute Gasteiger partial charge is 0.354 e. The van der Waals surface area contributed by atoms with E-state index in [9.17, 15) is 9.59 Å². The molecule has 1 heterocycles. The molecule has 6 nitrogen and oxygen atoms in total. The van der Waals surface area contributed by atoms with E-state index in [1.807, 2.05) is 12.1 Å². The van der Waals surface area contributed by atoms with Crippen molar-refractivity contribution in [3.05, 3.63) is 59.4 Å². The quantitative estimate of drug-likeness (QED) is 0.559. The zero-order valence-corrected chi connectivity index (χ0v) is 19.7. The fourth-order valence-electron chi connectivity index (χ4n) is 5.43. The molecule has 1 aromatic heterocycles. The lowest BCUT2D eigenvalue weighted by Gasteiger charge is -2.33. The first-order valence-electron chi connectivity index (χ1n) is 12.0. The molecule has 2 aromatic rings. The number of nitrogens with two attached hydrogens (primary N) is 1. The highest BCUT2D eigenvalue weighted by Gasteiger charge is 2.37. The van der Waals surface area contributed by atoms with Crippen molar-refractivity contribution in [3.8, 4) is 0 Å². The second-order valence-corrected chi connectivity index (χ2v) is 10.0. The predicted molar refractivity (Wildman–Crippen MR) is 131 cm³/mol. The predicted octanol–water partition coefficient (Wildman–Crippen LogP) is 4.44. The number of hydrogen-bond donors (Lipinski definition) is 3. The van der Waals surface area contributed by atoms with Gasteiger partial charge in [-0.1, -0.05) is 36.6 Å². The summed E-state index contributed by atoms with van der Waals surface area (Å²) >= 11 is 6.08. The van der Waals surface area contributed by atoms with E-state index in [4.69, 9.17) is 17.3 Å². The van der Waals surface area contributed by atoms with Crippen LogP contribution in [-0.4, -0.2) is 29.4 Å². The van der Waals surface area contributed by atoms with Crippen molar-refractivity contribution in [3.63, 3.8) is 0 Å². The summed E-state index contributed by atoms with van der Waals surface area (Å²) in [6, 6.07) is 11.0. The molecule has 2 amide bonds. The van der Waals surface area contributed by atoms with Crippen molar-refractivity contribution in [1.29, 1.82) is 0 Å². The van der Waals surface area contributed by atoms with Crippen LogP contribution in [-0.2, 0) is 15.0 Å². The Labute approximate surface area is 200 Å². The van der Waals surface area contributed by atoms with Crippen molar-refractivity contribution < 1.29 is 9.59 Å². The van der Waals surface area contributed by atoms with Crippen LogP contribution in [0.2, 0.25) is 5.02 Å². The first-order chi connectivity index (χ1) is 16.0. The van der Waals surface area contributed by atoms with Crippen LogP contribution in [0.15, 0.2) is 48.8 Å². The monoisotopic (exact) mass is 468 g/mol. The summed E-state index contributed by atoms with van der Waals surface area (Å²) in [5.41, 5.74) is 8.34. The summed E-state index contributed by atoms with van der Waals surface area (Å²) in [5, 5.41) is 6.84. The minimum atomic E-state index is -0.544. The number of pyridine rings is 1. The standard InChI is InChI=1S/C26H33ClN4O2/c27-21-9-7-20(8-10-21)26(13-1-2-14-26)17-30-25(33)23(28)18-3-5-19(6-4-18)24(32)31-22-11-15-29-16-12-22/h7-12,15-16,18-19,23H,1-6,13-14,17,28H2,(H,30,33)(H,29,31,32). The highest BCUT2D eigenvalue weighted by atomic mass is 35.5. The molecule has 2 saturated carbocycles. The number of carbonyl (C=O) groups is 2. The summed E-state index contributed by atoms with van der Waals surface area (Å²) in [6.45, 7) is 0.602. The van der Waals surface area contributed by atoms with E-state index >= 15 is 0 Å². The van der Waals surface area contributed by atoms with Gasteiger partial charge in [-0.3, -0.25) is 14.6 Å². The van der Waals surface area contributed by atoms with Crippen LogP contribution in [0, 0.1) is 11.8 Å². The number of halogens is 1. The van der Waals surface area contributed by atoms with Crippen LogP contribution in [0.25, 0.3) is 0 Å². The molecule has 176 valence electrons. The molecule has 0 aliphatic heterocycles. The van der Waals surface area contributed by atoms with E-state index in [-0.39, 0.29) is 29.1 Å². The topological polar surface area (TPSA) is 97.1 Å². The maximum atomic E-state index is 12.9. The number of benzene rings is 1. The molecule has 2 fully saturated rings. The Bertz CT molecular complexity index is 937. The maximum Gasteiger partial charge on any atom is 0.237 e. The maximum absolute atomic E-state index is 12.9. The van der Waals surface area contributed by atoms with Gasteiger partial charge in [-0.05, 0) is 74.3 Å². The Hall–Kier alpha value is -2.44. The Morgan fingerprint density at radius 1 is 1.03 bits per heavy atom. The van der Waals surface area contributed by atoms with E-state index in [0.29, 0.717) is 6.54 Å². The van der Waals surface area contributed by atoms with Gasteiger partial charge in [0.05, 0.1) is 6.04 Å². The highest BCUT2D eigenvalue weighted by molar-refractivity contribution is 6.30. The molecule has 4 N–H and O–H groups in total. The van der Waals surface area contributed by atoms with E-state index in [2.05, 4.69) is 27.8 Å². The van der Waals surface area contributed by atoms with Crippen LogP contribution >= 0.6 is 11.6 Å². The number of nitrogens with zero attached hydrogens (tertiary/aromatic N) is 1. The molecule has 0 bridgehead atoms. The van der Waals surface area contributed by atoms with Crippen molar-refractivity contribution in [2.24, 2.45) is 17.6 Å². The van der Waals surface area contributed by atoms with Crippen molar-refractivity contribution in [2.75, 3.05) is 11.9 Å². The van der Waals surface area contributed by atoms with Gasteiger partial charge in [0.1, 0.15) is 0 Å². The molecule has 1 aromatic carbocycles. The van der Waals surface area contributed by atoms with Crippen molar-refractivity contribution >= 4 is 29.1 Å². The van der Waals surface area contributed by atoms with Crippen molar-refractivity contribution in [1.82, 2.24) is 10.3 Å². The lowest BCUT2D eigenvalue weighted by Crippen LogP contribution is -2.50. The Morgan fingerprint density at radius 2 is 1.67 bits per heavy atom. The average Bonchev–Trinajstić information content (AvgIpc) is 3.33. The number of anilines is 1. The molecule has 2 aliphatic carbocycles. The van der Waals surface area contributed by atoms with Crippen LogP contribution in [0.5, 0.6) is 0 Å². The number of hydrogen-bond acceptors (Lipinski definition) is 4. The molecule has 7 heteroatoms. The SMILES string of the molecule is NC(C(=O)NCC1(c2ccc(Cl)cc2)CCCC1)C1CCC(C(=O)Nc2ccncc2)CC1. The number of amides is 2. The molecule has 0 saturated heterocycles. The molecular formula is C26H33ClN4O2. The van der Waals surface area contributed by atoms with Gasteiger partial charge in [-0.15, -0.1) is 0 Å². The second-order valence-electron chi connectivity index (χ2n) is 9.57. The zero-order valence-electron chi connectivity index (χ0n) is 18.9. The minimum Gasteiger partial charge on any atom is -0.354 e. The molecule has 0 radical (unpaired) electrons. The average molecular weight is 469 g/mol. The van der Waals surface area contributed by atoms with Crippen LogP contribution in [0.1, 0.15) is 56.9 Å². The second kappa shape index (κ2) is 10.7. The summed E-state index contributed by atoms with van der Waals surface area (Å²) in [5.74, 6) is 0.00473. The first-order valence-corrected chi connectivity index (χ1v) is 12.3. The number of carbonyl (C=O) groups excluding carboxylic acids is 2. The van der Waals surface area contributed by atoms with Crippen molar-refractivity contribution in [2.45, 2.75) is 62.8 Å². The van der Waals surface area contributed by atoms with Gasteiger partial charge in [-0.25, -0.2) is 0 Å². The van der Waals surface area contributed by atoms with Crippen LogP contribution in [0.3, 0.4) is 0 Å². The molecular weight excluding hydrogens is 436 g/mol. The van der Waals surface area contributed by atoms with Gasteiger partial charge >= 0.3 is 0 Å².